The van der Waals surface area contributed by atoms with E-state index in [2.05, 4.69) is 5.32 Å². The average molecular weight is 228 g/mol. The van der Waals surface area contributed by atoms with E-state index in [9.17, 15) is 4.79 Å². The predicted molar refractivity (Wildman–Crippen MR) is 64.5 cm³/mol. The Balaban J connectivity index is 2.44. The zero-order valence-electron chi connectivity index (χ0n) is 10.9. The summed E-state index contributed by atoms with van der Waals surface area (Å²) in [4.78, 5) is 13.8. The van der Waals surface area contributed by atoms with Gasteiger partial charge in [0.05, 0.1) is 6.10 Å². The third kappa shape index (κ3) is 4.39. The fourth-order valence-electron chi connectivity index (χ4n) is 1.89. The van der Waals surface area contributed by atoms with Crippen LogP contribution in [0.5, 0.6) is 0 Å². The van der Waals surface area contributed by atoms with Gasteiger partial charge in [-0.25, -0.2) is 4.79 Å². The molecule has 1 saturated heterocycles. The molecule has 1 N–H and O–H groups in total. The highest BCUT2D eigenvalue weighted by atomic mass is 16.5. The number of nitrogens with zero attached hydrogens (tertiary/aromatic N) is 1. The summed E-state index contributed by atoms with van der Waals surface area (Å²) in [7, 11) is 0. The molecule has 16 heavy (non-hydrogen) atoms. The molecule has 1 aliphatic rings. The fourth-order valence-corrected chi connectivity index (χ4v) is 1.89. The van der Waals surface area contributed by atoms with E-state index < -0.39 is 0 Å². The summed E-state index contributed by atoms with van der Waals surface area (Å²) in [5.74, 6) is 0. The molecule has 4 nitrogen and oxygen atoms in total. The van der Waals surface area contributed by atoms with Crippen molar-refractivity contribution < 1.29 is 9.53 Å². The number of hydrogen-bond acceptors (Lipinski definition) is 2. The largest absolute Gasteiger partial charge is 0.377 e. The van der Waals surface area contributed by atoms with E-state index in [4.69, 9.17) is 4.74 Å². The highest BCUT2D eigenvalue weighted by molar-refractivity contribution is 5.75. The summed E-state index contributed by atoms with van der Waals surface area (Å²) in [5, 5.41) is 2.98. The lowest BCUT2D eigenvalue weighted by molar-refractivity contribution is 0.0157. The first kappa shape index (κ1) is 13.3. The normalized spacial score (nSPS) is 22.0. The second-order valence-electron chi connectivity index (χ2n) is 5.35. The molecule has 1 heterocycles. The first-order valence-corrected chi connectivity index (χ1v) is 6.11. The lowest BCUT2D eigenvalue weighted by Crippen LogP contribution is -2.52. The third-order valence-corrected chi connectivity index (χ3v) is 2.55. The number of amides is 2. The second-order valence-corrected chi connectivity index (χ2v) is 5.35. The molecule has 1 unspecified atom stereocenters. The van der Waals surface area contributed by atoms with Crippen molar-refractivity contribution in [3.8, 4) is 0 Å². The first-order valence-electron chi connectivity index (χ1n) is 6.11. The number of carbonyl (C=O) groups is 1. The summed E-state index contributed by atoms with van der Waals surface area (Å²) in [6, 6.07) is 0.0249. The highest BCUT2D eigenvalue weighted by Crippen LogP contribution is 2.14. The van der Waals surface area contributed by atoms with E-state index in [1.807, 2.05) is 32.6 Å². The zero-order valence-corrected chi connectivity index (χ0v) is 10.9. The number of hydrogen-bond donors (Lipinski definition) is 1. The van der Waals surface area contributed by atoms with Crippen molar-refractivity contribution in [1.82, 2.24) is 10.2 Å². The van der Waals surface area contributed by atoms with Gasteiger partial charge in [0.15, 0.2) is 0 Å². The van der Waals surface area contributed by atoms with Crippen molar-refractivity contribution in [3.05, 3.63) is 0 Å². The Hall–Kier alpha value is -0.770. The standard InChI is InChI=1S/C12H24N2O2/c1-5-16-10-7-6-8-14(9-10)11(15)13-12(2,3)4/h10H,5-9H2,1-4H3,(H,13,15). The molecule has 4 heteroatoms. The molecule has 94 valence electrons. The summed E-state index contributed by atoms with van der Waals surface area (Å²) in [5.41, 5.74) is -0.171. The Morgan fingerprint density at radius 3 is 2.75 bits per heavy atom. The molecular weight excluding hydrogens is 204 g/mol. The summed E-state index contributed by atoms with van der Waals surface area (Å²) < 4.78 is 5.57. The minimum Gasteiger partial charge on any atom is -0.377 e. The molecular formula is C12H24N2O2. The Kier molecular flexibility index (Phi) is 4.59. The van der Waals surface area contributed by atoms with Crippen LogP contribution in [-0.4, -0.2) is 42.3 Å². The van der Waals surface area contributed by atoms with Crippen molar-refractivity contribution in [1.29, 1.82) is 0 Å². The fraction of sp³-hybridized carbons (Fsp3) is 0.917. The van der Waals surface area contributed by atoms with Crippen LogP contribution in [0.15, 0.2) is 0 Å². The van der Waals surface area contributed by atoms with Gasteiger partial charge in [0.1, 0.15) is 0 Å². The smallest absolute Gasteiger partial charge is 0.317 e. The van der Waals surface area contributed by atoms with E-state index in [1.165, 1.54) is 0 Å². The molecule has 1 rings (SSSR count). The van der Waals surface area contributed by atoms with Gasteiger partial charge in [0.25, 0.3) is 0 Å². The number of carbonyl (C=O) groups excluding carboxylic acids is 1. The van der Waals surface area contributed by atoms with E-state index in [1.54, 1.807) is 0 Å². The van der Waals surface area contributed by atoms with E-state index in [0.29, 0.717) is 0 Å². The van der Waals surface area contributed by atoms with Crippen LogP contribution in [0.25, 0.3) is 0 Å². The number of likely N-dealkylation sites (tertiary alicyclic amines) is 1. The van der Waals surface area contributed by atoms with E-state index >= 15 is 0 Å². The van der Waals surface area contributed by atoms with Gasteiger partial charge in [-0.2, -0.15) is 0 Å². The number of piperidine rings is 1. The molecule has 0 bridgehead atoms. The monoisotopic (exact) mass is 228 g/mol. The molecule has 1 aliphatic heterocycles. The Bertz CT molecular complexity index is 234. The molecule has 2 amide bonds. The predicted octanol–water partition coefficient (Wildman–Crippen LogP) is 2.00. The number of rotatable bonds is 2. The summed E-state index contributed by atoms with van der Waals surface area (Å²) in [6.45, 7) is 10.3. The van der Waals surface area contributed by atoms with Crippen LogP contribution in [0, 0.1) is 0 Å². The Labute approximate surface area is 98.3 Å². The maximum Gasteiger partial charge on any atom is 0.317 e. The first-order chi connectivity index (χ1) is 7.42. The molecule has 0 radical (unpaired) electrons. The van der Waals surface area contributed by atoms with Gasteiger partial charge in [-0.15, -0.1) is 0 Å². The maximum absolute atomic E-state index is 11.9. The minimum atomic E-state index is -0.171. The van der Waals surface area contributed by atoms with Crippen molar-refractivity contribution in [3.63, 3.8) is 0 Å². The van der Waals surface area contributed by atoms with Crippen LogP contribution in [0.3, 0.4) is 0 Å². The van der Waals surface area contributed by atoms with Gasteiger partial charge < -0.3 is 15.0 Å². The van der Waals surface area contributed by atoms with Crippen LogP contribution in [0.4, 0.5) is 4.79 Å². The average Bonchev–Trinajstić information content (AvgIpc) is 2.16. The quantitative estimate of drug-likeness (QED) is 0.785. The maximum atomic E-state index is 11.9. The van der Waals surface area contributed by atoms with Crippen molar-refractivity contribution in [2.24, 2.45) is 0 Å². The molecule has 0 spiro atoms. The lowest BCUT2D eigenvalue weighted by Gasteiger charge is -2.34. The molecule has 0 aromatic carbocycles. The van der Waals surface area contributed by atoms with Crippen molar-refractivity contribution >= 4 is 6.03 Å². The van der Waals surface area contributed by atoms with Crippen LogP contribution in [-0.2, 0) is 4.74 Å². The SMILES string of the molecule is CCOC1CCCN(C(=O)NC(C)(C)C)C1. The molecule has 1 fully saturated rings. The van der Waals surface area contributed by atoms with Crippen LogP contribution < -0.4 is 5.32 Å². The summed E-state index contributed by atoms with van der Waals surface area (Å²) in [6.07, 6.45) is 2.31. The van der Waals surface area contributed by atoms with Gasteiger partial charge in [0, 0.05) is 25.2 Å². The molecule has 0 aromatic rings. The number of ether oxygens (including phenoxy) is 1. The van der Waals surface area contributed by atoms with Gasteiger partial charge >= 0.3 is 6.03 Å². The van der Waals surface area contributed by atoms with Crippen molar-refractivity contribution in [2.45, 2.75) is 52.2 Å². The number of nitrogens with one attached hydrogen (secondary N) is 1. The topological polar surface area (TPSA) is 41.6 Å². The number of urea groups is 1. The summed E-state index contributed by atoms with van der Waals surface area (Å²) >= 11 is 0. The zero-order chi connectivity index (χ0) is 12.2. The highest BCUT2D eigenvalue weighted by Gasteiger charge is 2.25. The van der Waals surface area contributed by atoms with Gasteiger partial charge in [-0.1, -0.05) is 0 Å². The third-order valence-electron chi connectivity index (χ3n) is 2.55. The minimum absolute atomic E-state index is 0.0249. The van der Waals surface area contributed by atoms with Crippen LogP contribution in [0.2, 0.25) is 0 Å². The molecule has 0 aliphatic carbocycles. The van der Waals surface area contributed by atoms with Crippen LogP contribution >= 0.6 is 0 Å². The Morgan fingerprint density at radius 1 is 1.50 bits per heavy atom. The van der Waals surface area contributed by atoms with Crippen molar-refractivity contribution in [2.75, 3.05) is 19.7 Å². The molecule has 0 aromatic heterocycles. The van der Waals surface area contributed by atoms with Gasteiger partial charge in [-0.3, -0.25) is 0 Å². The lowest BCUT2D eigenvalue weighted by atomic mass is 10.1. The van der Waals surface area contributed by atoms with Gasteiger partial charge in [-0.05, 0) is 40.5 Å². The molecule has 1 atom stereocenters. The van der Waals surface area contributed by atoms with Gasteiger partial charge in [0.2, 0.25) is 0 Å². The van der Waals surface area contributed by atoms with E-state index in [-0.39, 0.29) is 17.7 Å². The van der Waals surface area contributed by atoms with E-state index in [0.717, 1.165) is 32.5 Å². The Morgan fingerprint density at radius 2 is 2.19 bits per heavy atom. The molecule has 0 saturated carbocycles. The van der Waals surface area contributed by atoms with Crippen LogP contribution in [0.1, 0.15) is 40.5 Å². The second kappa shape index (κ2) is 5.53.